The van der Waals surface area contributed by atoms with Crippen LogP contribution in [0, 0.1) is 5.92 Å². The van der Waals surface area contributed by atoms with E-state index in [1.807, 2.05) is 32.8 Å². The smallest absolute Gasteiger partial charge is 0.261 e. The van der Waals surface area contributed by atoms with Crippen LogP contribution in [0.25, 0.3) is 0 Å². The Morgan fingerprint density at radius 1 is 1.22 bits per heavy atom. The number of likely N-dealkylation sites (N-methyl/N-ethyl adjacent to an activating group) is 1. The third-order valence-electron chi connectivity index (χ3n) is 8.14. The second kappa shape index (κ2) is 17.2. The minimum Gasteiger partial charge on any atom is -0.490 e. The third-order valence-corrected chi connectivity index (χ3v) is 9.85. The van der Waals surface area contributed by atoms with E-state index in [9.17, 15) is 23.1 Å². The molecule has 0 fully saturated rings. The standard InChI is InChI=1S/C32H52N6O7S/c1-23-18-38(24(2)21-39)32(41)27-17-26(34-30(40)12-10-15-35(4)5)13-14-28(27)45-25(3)11-8-9-16-44-29(23)19-37(7)46(42,43)31-20-36(6)22-33-31/h13-14,17,20,22-25,29,39H,8-12,15-16,18-19,21H2,1-7H3,(H,34,40)/t23-,24-,25-,29-/m1/s1. The number of hydrogen-bond donors (Lipinski definition) is 2. The van der Waals surface area contributed by atoms with E-state index >= 15 is 0 Å². The van der Waals surface area contributed by atoms with Crippen molar-refractivity contribution >= 4 is 27.5 Å². The number of benzene rings is 1. The first kappa shape index (κ1) is 37.4. The van der Waals surface area contributed by atoms with Crippen LogP contribution in [0.4, 0.5) is 5.69 Å². The molecular formula is C32H52N6O7S. The molecule has 258 valence electrons. The molecule has 0 bridgehead atoms. The summed E-state index contributed by atoms with van der Waals surface area (Å²) < 4.78 is 41.9. The van der Waals surface area contributed by atoms with Gasteiger partial charge < -0.3 is 34.3 Å². The zero-order valence-corrected chi connectivity index (χ0v) is 29.1. The molecule has 2 heterocycles. The molecule has 1 aromatic carbocycles. The number of aryl methyl sites for hydroxylation is 1. The highest BCUT2D eigenvalue weighted by molar-refractivity contribution is 7.89. The van der Waals surface area contributed by atoms with Gasteiger partial charge in [0.2, 0.25) is 5.91 Å². The van der Waals surface area contributed by atoms with Crippen molar-refractivity contribution in [3.8, 4) is 5.75 Å². The van der Waals surface area contributed by atoms with Gasteiger partial charge in [0.1, 0.15) is 5.75 Å². The Labute approximate surface area is 273 Å². The van der Waals surface area contributed by atoms with Crippen molar-refractivity contribution in [1.82, 2.24) is 23.7 Å². The van der Waals surface area contributed by atoms with Gasteiger partial charge in [0.05, 0.1) is 36.7 Å². The van der Waals surface area contributed by atoms with E-state index < -0.39 is 22.2 Å². The van der Waals surface area contributed by atoms with Gasteiger partial charge >= 0.3 is 0 Å². The number of carbonyl (C=O) groups excluding carboxylic acids is 2. The minimum absolute atomic E-state index is 0.0513. The SMILES string of the molecule is C[C@@H]1CCCCO[C@H](CN(C)S(=O)(=O)c2cn(C)cn2)[C@H](C)CN([C@H](C)CO)C(=O)c2cc(NC(=O)CCCN(C)C)ccc2O1. The van der Waals surface area contributed by atoms with Crippen LogP contribution in [0.2, 0.25) is 0 Å². The number of ether oxygens (including phenoxy) is 2. The van der Waals surface area contributed by atoms with Crippen molar-refractivity contribution in [2.75, 3.05) is 59.3 Å². The molecule has 0 radical (unpaired) electrons. The molecule has 0 unspecified atom stereocenters. The highest BCUT2D eigenvalue weighted by atomic mass is 32.2. The van der Waals surface area contributed by atoms with Crippen LogP contribution in [-0.2, 0) is 26.6 Å². The Bertz CT molecular complexity index is 1400. The average molecular weight is 665 g/mol. The summed E-state index contributed by atoms with van der Waals surface area (Å²) in [5.41, 5.74) is 0.751. The maximum absolute atomic E-state index is 14.3. The van der Waals surface area contributed by atoms with Crippen molar-refractivity contribution in [2.45, 2.75) is 76.2 Å². The lowest BCUT2D eigenvalue weighted by Gasteiger charge is -2.35. The summed E-state index contributed by atoms with van der Waals surface area (Å²) in [7, 11) is 3.24. The lowest BCUT2D eigenvalue weighted by Crippen LogP contribution is -2.48. The van der Waals surface area contributed by atoms with Crippen molar-refractivity contribution in [2.24, 2.45) is 13.0 Å². The molecule has 1 aliphatic heterocycles. The van der Waals surface area contributed by atoms with Gasteiger partial charge in [-0.3, -0.25) is 9.59 Å². The zero-order valence-electron chi connectivity index (χ0n) is 28.3. The van der Waals surface area contributed by atoms with Crippen LogP contribution in [0.5, 0.6) is 5.75 Å². The van der Waals surface area contributed by atoms with Gasteiger partial charge in [0.25, 0.3) is 15.9 Å². The van der Waals surface area contributed by atoms with Gasteiger partial charge in [-0.05, 0) is 78.4 Å². The molecule has 4 atom stereocenters. The lowest BCUT2D eigenvalue weighted by molar-refractivity contribution is -0.116. The summed E-state index contributed by atoms with van der Waals surface area (Å²) in [6, 6.07) is 4.51. The third kappa shape index (κ3) is 10.5. The molecule has 2 aromatic rings. The zero-order chi connectivity index (χ0) is 34.0. The van der Waals surface area contributed by atoms with Gasteiger partial charge in [0, 0.05) is 58.0 Å². The van der Waals surface area contributed by atoms with Crippen LogP contribution in [0.3, 0.4) is 0 Å². The van der Waals surface area contributed by atoms with Crippen LogP contribution in [0.1, 0.15) is 63.2 Å². The number of aliphatic hydroxyl groups is 1. The highest BCUT2D eigenvalue weighted by Crippen LogP contribution is 2.29. The van der Waals surface area contributed by atoms with Crippen molar-refractivity contribution in [1.29, 1.82) is 0 Å². The van der Waals surface area contributed by atoms with E-state index in [2.05, 4.69) is 10.3 Å². The van der Waals surface area contributed by atoms with Gasteiger partial charge in [-0.15, -0.1) is 0 Å². The van der Waals surface area contributed by atoms with Crippen LogP contribution in [0.15, 0.2) is 35.7 Å². The van der Waals surface area contributed by atoms with Crippen molar-refractivity contribution in [3.05, 3.63) is 36.3 Å². The largest absolute Gasteiger partial charge is 0.490 e. The normalized spacial score (nSPS) is 21.0. The topological polar surface area (TPSA) is 147 Å². The number of carbonyl (C=O) groups is 2. The number of anilines is 1. The summed E-state index contributed by atoms with van der Waals surface area (Å²) in [5, 5.41) is 13.0. The van der Waals surface area contributed by atoms with Gasteiger partial charge in [-0.1, -0.05) is 6.92 Å². The van der Waals surface area contributed by atoms with Gasteiger partial charge in [-0.25, -0.2) is 13.4 Å². The summed E-state index contributed by atoms with van der Waals surface area (Å²) in [5.74, 6) is -0.435. The molecule has 46 heavy (non-hydrogen) atoms. The average Bonchev–Trinajstić information content (AvgIpc) is 3.45. The Balaban J connectivity index is 1.92. The fraction of sp³-hybridized carbons (Fsp3) is 0.656. The number of nitrogens with zero attached hydrogens (tertiary/aromatic N) is 5. The van der Waals surface area contributed by atoms with Crippen molar-refractivity contribution in [3.63, 3.8) is 0 Å². The first-order chi connectivity index (χ1) is 21.7. The summed E-state index contributed by atoms with van der Waals surface area (Å²) in [6.07, 6.45) is 5.45. The second-order valence-corrected chi connectivity index (χ2v) is 14.6. The molecule has 3 rings (SSSR count). The van der Waals surface area contributed by atoms with E-state index in [0.29, 0.717) is 37.3 Å². The summed E-state index contributed by atoms with van der Waals surface area (Å²) in [4.78, 5) is 34.6. The highest BCUT2D eigenvalue weighted by Gasteiger charge is 2.33. The van der Waals surface area contributed by atoms with E-state index in [1.165, 1.54) is 23.9 Å². The maximum atomic E-state index is 14.3. The number of hydrogen-bond acceptors (Lipinski definition) is 9. The monoisotopic (exact) mass is 664 g/mol. The number of amides is 2. The number of fused-ring (bicyclic) bond motifs is 1. The second-order valence-electron chi connectivity index (χ2n) is 12.6. The number of nitrogens with one attached hydrogen (secondary N) is 1. The maximum Gasteiger partial charge on any atom is 0.261 e. The molecule has 0 aliphatic carbocycles. The van der Waals surface area contributed by atoms with E-state index in [0.717, 1.165) is 19.4 Å². The fourth-order valence-electron chi connectivity index (χ4n) is 5.28. The van der Waals surface area contributed by atoms with E-state index in [-0.39, 0.29) is 54.1 Å². The van der Waals surface area contributed by atoms with Crippen molar-refractivity contribution < 1.29 is 32.6 Å². The van der Waals surface area contributed by atoms with Crippen LogP contribution < -0.4 is 10.1 Å². The van der Waals surface area contributed by atoms with E-state index in [4.69, 9.17) is 9.47 Å². The molecule has 0 saturated heterocycles. The molecule has 0 spiro atoms. The number of aliphatic hydroxyl groups excluding tert-OH is 1. The predicted molar refractivity (Wildman–Crippen MR) is 176 cm³/mol. The summed E-state index contributed by atoms with van der Waals surface area (Å²) >= 11 is 0. The Hall–Kier alpha value is -3.04. The first-order valence-electron chi connectivity index (χ1n) is 16.0. The Kier molecular flexibility index (Phi) is 14.0. The first-order valence-corrected chi connectivity index (χ1v) is 17.4. The van der Waals surface area contributed by atoms with Crippen LogP contribution >= 0.6 is 0 Å². The number of rotatable bonds is 11. The Morgan fingerprint density at radius 2 is 1.96 bits per heavy atom. The fourth-order valence-corrected chi connectivity index (χ4v) is 6.42. The molecule has 1 aliphatic rings. The molecule has 2 amide bonds. The van der Waals surface area contributed by atoms with Crippen LogP contribution in [-0.4, -0.2) is 121 Å². The Morgan fingerprint density at radius 3 is 2.61 bits per heavy atom. The summed E-state index contributed by atoms with van der Waals surface area (Å²) in [6.45, 7) is 6.74. The number of imidazole rings is 1. The lowest BCUT2D eigenvalue weighted by atomic mass is 10.0. The minimum atomic E-state index is -3.87. The molecule has 0 saturated carbocycles. The molecule has 14 heteroatoms. The van der Waals surface area contributed by atoms with E-state index in [1.54, 1.807) is 41.6 Å². The number of aromatic nitrogens is 2. The quantitative estimate of drug-likeness (QED) is 0.370. The van der Waals surface area contributed by atoms with Gasteiger partial charge in [-0.2, -0.15) is 4.31 Å². The predicted octanol–water partition coefficient (Wildman–Crippen LogP) is 2.82. The van der Waals surface area contributed by atoms with Gasteiger partial charge in [0.15, 0.2) is 5.03 Å². The molecule has 13 nitrogen and oxygen atoms in total. The number of sulfonamides is 1. The molecule has 2 N–H and O–H groups in total. The molecule has 1 aromatic heterocycles. The molecular weight excluding hydrogens is 612 g/mol.